The highest BCUT2D eigenvalue weighted by atomic mass is 32.2. The largest absolute Gasteiger partial charge is 0.364 e. The second kappa shape index (κ2) is 9.37. The molecule has 4 aromatic rings. The Morgan fingerprint density at radius 3 is 2.59 bits per heavy atom. The lowest BCUT2D eigenvalue weighted by molar-refractivity contribution is 0.222. The molecule has 10 nitrogen and oxygen atoms in total. The number of piperazine rings is 1. The molecule has 1 aliphatic heterocycles. The van der Waals surface area contributed by atoms with E-state index >= 15 is 0 Å². The summed E-state index contributed by atoms with van der Waals surface area (Å²) in [5, 5.41) is 6.47. The number of imidazole rings is 1. The maximum atomic E-state index is 13.1. The molecule has 5 rings (SSSR count). The van der Waals surface area contributed by atoms with E-state index in [4.69, 9.17) is 0 Å². The van der Waals surface area contributed by atoms with Crippen LogP contribution in [0.2, 0.25) is 0 Å². The minimum atomic E-state index is -3.58. The number of aromatic amines is 1. The van der Waals surface area contributed by atoms with Gasteiger partial charge < -0.3 is 20.5 Å². The number of rotatable bonds is 7. The molecule has 2 aromatic heterocycles. The van der Waals surface area contributed by atoms with Crippen molar-refractivity contribution < 1.29 is 8.42 Å². The van der Waals surface area contributed by atoms with Gasteiger partial charge in [-0.25, -0.2) is 13.4 Å². The van der Waals surface area contributed by atoms with Crippen molar-refractivity contribution in [1.29, 1.82) is 0 Å². The summed E-state index contributed by atoms with van der Waals surface area (Å²) in [7, 11) is -1.58. The summed E-state index contributed by atoms with van der Waals surface area (Å²) < 4.78 is 27.8. The Kier molecular flexibility index (Phi) is 6.14. The fraction of sp³-hybridized carbons (Fsp3) is 0.261. The SMILES string of the molecule is CN1CCN(S(=O)(=O)c2cccc(Nc3nc(NCc4ccccc4)c4[nH]cnc4n3)c2)CC1. The van der Waals surface area contributed by atoms with Gasteiger partial charge in [0.25, 0.3) is 0 Å². The third kappa shape index (κ3) is 4.72. The number of sulfonamides is 1. The molecule has 0 aliphatic carbocycles. The first-order chi connectivity index (χ1) is 16.5. The molecular weight excluding hydrogens is 452 g/mol. The molecule has 3 heterocycles. The summed E-state index contributed by atoms with van der Waals surface area (Å²) in [4.78, 5) is 18.8. The van der Waals surface area contributed by atoms with Crippen molar-refractivity contribution in [2.24, 2.45) is 0 Å². The van der Waals surface area contributed by atoms with Crippen molar-refractivity contribution in [3.63, 3.8) is 0 Å². The molecule has 2 aromatic carbocycles. The predicted octanol–water partition coefficient (Wildman–Crippen LogP) is 2.64. The van der Waals surface area contributed by atoms with Crippen molar-refractivity contribution in [2.75, 3.05) is 43.9 Å². The number of likely N-dealkylation sites (N-methyl/N-ethyl adjacent to an activating group) is 1. The molecule has 11 heteroatoms. The molecule has 0 amide bonds. The molecule has 34 heavy (non-hydrogen) atoms. The van der Waals surface area contributed by atoms with Crippen LogP contribution in [0.4, 0.5) is 17.5 Å². The molecule has 0 spiro atoms. The zero-order chi connectivity index (χ0) is 23.5. The standard InChI is InChI=1S/C23H26N8O2S/c1-30-10-12-31(13-11-30)34(32,33)19-9-5-8-18(14-19)27-23-28-21(20-22(29-23)26-16-25-20)24-15-17-6-3-2-4-7-17/h2-9,14,16H,10-13,15H2,1H3,(H3,24,25,26,27,28,29). The van der Waals surface area contributed by atoms with Crippen LogP contribution in [0.3, 0.4) is 0 Å². The molecular formula is C23H26N8O2S. The van der Waals surface area contributed by atoms with Crippen molar-refractivity contribution in [3.05, 3.63) is 66.5 Å². The van der Waals surface area contributed by atoms with E-state index in [1.807, 2.05) is 37.4 Å². The van der Waals surface area contributed by atoms with Gasteiger partial charge in [-0.1, -0.05) is 36.4 Å². The quantitative estimate of drug-likeness (QED) is 0.371. The molecule has 1 saturated heterocycles. The molecule has 0 saturated carbocycles. The van der Waals surface area contributed by atoms with E-state index < -0.39 is 10.0 Å². The maximum absolute atomic E-state index is 13.1. The number of nitrogens with one attached hydrogen (secondary N) is 3. The smallest absolute Gasteiger partial charge is 0.243 e. The lowest BCUT2D eigenvalue weighted by Crippen LogP contribution is -2.47. The van der Waals surface area contributed by atoms with Gasteiger partial charge in [-0.2, -0.15) is 14.3 Å². The van der Waals surface area contributed by atoms with Gasteiger partial charge in [0.1, 0.15) is 5.52 Å². The van der Waals surface area contributed by atoms with E-state index in [1.54, 1.807) is 30.6 Å². The zero-order valence-corrected chi connectivity index (χ0v) is 19.6. The molecule has 3 N–H and O–H groups in total. The van der Waals surface area contributed by atoms with Gasteiger partial charge in [0.05, 0.1) is 11.2 Å². The minimum absolute atomic E-state index is 0.241. The Morgan fingerprint density at radius 1 is 1.00 bits per heavy atom. The number of hydrogen-bond donors (Lipinski definition) is 3. The van der Waals surface area contributed by atoms with E-state index in [9.17, 15) is 8.42 Å². The lowest BCUT2D eigenvalue weighted by atomic mass is 10.2. The van der Waals surface area contributed by atoms with E-state index in [2.05, 4.69) is 35.5 Å². The Hall–Kier alpha value is -3.54. The normalized spacial score (nSPS) is 15.4. The van der Waals surface area contributed by atoms with Crippen LogP contribution >= 0.6 is 0 Å². The first-order valence-corrected chi connectivity index (χ1v) is 12.5. The fourth-order valence-electron chi connectivity index (χ4n) is 3.84. The highest BCUT2D eigenvalue weighted by Gasteiger charge is 2.27. The van der Waals surface area contributed by atoms with Crippen LogP contribution in [-0.2, 0) is 16.6 Å². The van der Waals surface area contributed by atoms with Crippen LogP contribution in [0.25, 0.3) is 11.2 Å². The van der Waals surface area contributed by atoms with Gasteiger partial charge in [-0.3, -0.25) is 0 Å². The Labute approximate surface area is 198 Å². The van der Waals surface area contributed by atoms with Crippen molar-refractivity contribution in [1.82, 2.24) is 29.1 Å². The molecule has 0 atom stereocenters. The Balaban J connectivity index is 1.38. The lowest BCUT2D eigenvalue weighted by Gasteiger charge is -2.31. The van der Waals surface area contributed by atoms with Crippen LogP contribution in [0.15, 0.2) is 65.8 Å². The van der Waals surface area contributed by atoms with Crippen molar-refractivity contribution in [2.45, 2.75) is 11.4 Å². The van der Waals surface area contributed by atoms with Crippen molar-refractivity contribution >= 4 is 38.6 Å². The highest BCUT2D eigenvalue weighted by molar-refractivity contribution is 7.89. The number of benzene rings is 2. The summed E-state index contributed by atoms with van der Waals surface area (Å²) in [6, 6.07) is 16.7. The van der Waals surface area contributed by atoms with E-state index in [0.29, 0.717) is 61.3 Å². The molecule has 0 radical (unpaired) electrons. The third-order valence-electron chi connectivity index (χ3n) is 5.78. The average Bonchev–Trinajstić information content (AvgIpc) is 3.32. The second-order valence-corrected chi connectivity index (χ2v) is 10.1. The number of hydrogen-bond acceptors (Lipinski definition) is 8. The molecule has 1 aliphatic rings. The highest BCUT2D eigenvalue weighted by Crippen LogP contribution is 2.25. The Bertz CT molecular complexity index is 1380. The molecule has 176 valence electrons. The van der Waals surface area contributed by atoms with Gasteiger partial charge in [-0.05, 0) is 30.8 Å². The van der Waals surface area contributed by atoms with Gasteiger partial charge >= 0.3 is 0 Å². The number of aromatic nitrogens is 4. The summed E-state index contributed by atoms with van der Waals surface area (Å²) in [5.74, 6) is 0.930. The summed E-state index contributed by atoms with van der Waals surface area (Å²) in [6.45, 7) is 2.98. The summed E-state index contributed by atoms with van der Waals surface area (Å²) in [6.07, 6.45) is 1.57. The zero-order valence-electron chi connectivity index (χ0n) is 18.8. The topological polar surface area (TPSA) is 119 Å². The average molecular weight is 479 g/mol. The van der Waals surface area contributed by atoms with Crippen molar-refractivity contribution in [3.8, 4) is 0 Å². The van der Waals surface area contributed by atoms with Crippen LogP contribution < -0.4 is 10.6 Å². The third-order valence-corrected chi connectivity index (χ3v) is 7.67. The first kappa shape index (κ1) is 22.3. The molecule has 1 fully saturated rings. The van der Waals surface area contributed by atoms with E-state index in [0.717, 1.165) is 5.56 Å². The first-order valence-electron chi connectivity index (χ1n) is 11.0. The number of anilines is 3. The van der Waals surface area contributed by atoms with Crippen LogP contribution in [0.1, 0.15) is 5.56 Å². The number of fused-ring (bicyclic) bond motifs is 1. The monoisotopic (exact) mass is 478 g/mol. The predicted molar refractivity (Wildman–Crippen MR) is 131 cm³/mol. The Morgan fingerprint density at radius 2 is 1.79 bits per heavy atom. The molecule has 0 unspecified atom stereocenters. The van der Waals surface area contributed by atoms with Gasteiger partial charge in [0.2, 0.25) is 16.0 Å². The summed E-state index contributed by atoms with van der Waals surface area (Å²) in [5.41, 5.74) is 2.91. The molecule has 0 bridgehead atoms. The number of H-pyrrole nitrogens is 1. The van der Waals surface area contributed by atoms with Crippen LogP contribution in [0.5, 0.6) is 0 Å². The van der Waals surface area contributed by atoms with E-state index in [1.165, 1.54) is 4.31 Å². The van der Waals surface area contributed by atoms with Gasteiger partial charge in [0.15, 0.2) is 11.5 Å². The fourth-order valence-corrected chi connectivity index (χ4v) is 5.31. The number of nitrogens with zero attached hydrogens (tertiary/aromatic N) is 5. The van der Waals surface area contributed by atoms with Crippen LogP contribution in [-0.4, -0.2) is 70.8 Å². The van der Waals surface area contributed by atoms with E-state index in [-0.39, 0.29) is 4.90 Å². The van der Waals surface area contributed by atoms with Gasteiger partial charge in [-0.15, -0.1) is 0 Å². The second-order valence-electron chi connectivity index (χ2n) is 8.20. The maximum Gasteiger partial charge on any atom is 0.243 e. The van der Waals surface area contributed by atoms with Gasteiger partial charge in [0, 0.05) is 38.4 Å². The summed E-state index contributed by atoms with van der Waals surface area (Å²) >= 11 is 0. The van der Waals surface area contributed by atoms with Crippen LogP contribution in [0, 0.1) is 0 Å². The minimum Gasteiger partial charge on any atom is -0.364 e.